The highest BCUT2D eigenvalue weighted by molar-refractivity contribution is 5.94. The normalized spacial score (nSPS) is 15.5. The summed E-state index contributed by atoms with van der Waals surface area (Å²) in [6.45, 7) is 8.97. The summed E-state index contributed by atoms with van der Waals surface area (Å²) in [6, 6.07) is 7.35. The Labute approximate surface area is 138 Å². The molecule has 1 fully saturated rings. The smallest absolute Gasteiger partial charge is 0.254 e. The standard InChI is InChI=1S/C18H26N2O3/c1-14(2)13-23-17-7-4-6-16(12-17)18(22)20-9-5-8-19(10-11-20)15(3)21/h4,6-7,12,14H,5,8-11,13H2,1-3H3. The monoisotopic (exact) mass is 318 g/mol. The van der Waals surface area contributed by atoms with Gasteiger partial charge < -0.3 is 14.5 Å². The molecule has 2 rings (SSSR count). The molecular formula is C18H26N2O3. The second kappa shape index (κ2) is 7.99. The molecule has 23 heavy (non-hydrogen) atoms. The van der Waals surface area contributed by atoms with Crippen LogP contribution in [0.5, 0.6) is 5.75 Å². The summed E-state index contributed by atoms with van der Waals surface area (Å²) in [7, 11) is 0. The fourth-order valence-electron chi connectivity index (χ4n) is 2.60. The van der Waals surface area contributed by atoms with Gasteiger partial charge in [0.05, 0.1) is 6.61 Å². The van der Waals surface area contributed by atoms with Crippen molar-refractivity contribution in [3.8, 4) is 5.75 Å². The lowest BCUT2D eigenvalue weighted by atomic mass is 10.2. The molecule has 0 atom stereocenters. The minimum absolute atomic E-state index is 0.00500. The van der Waals surface area contributed by atoms with E-state index in [1.807, 2.05) is 23.1 Å². The van der Waals surface area contributed by atoms with Crippen molar-refractivity contribution in [3.05, 3.63) is 29.8 Å². The molecule has 0 unspecified atom stereocenters. The van der Waals surface area contributed by atoms with E-state index in [2.05, 4.69) is 13.8 Å². The largest absolute Gasteiger partial charge is 0.493 e. The van der Waals surface area contributed by atoms with E-state index in [-0.39, 0.29) is 11.8 Å². The van der Waals surface area contributed by atoms with E-state index in [1.54, 1.807) is 17.9 Å². The summed E-state index contributed by atoms with van der Waals surface area (Å²) >= 11 is 0. The van der Waals surface area contributed by atoms with Crippen LogP contribution >= 0.6 is 0 Å². The third-order valence-corrected chi connectivity index (χ3v) is 3.89. The van der Waals surface area contributed by atoms with E-state index in [4.69, 9.17) is 4.74 Å². The predicted molar refractivity (Wildman–Crippen MR) is 89.5 cm³/mol. The third-order valence-electron chi connectivity index (χ3n) is 3.89. The van der Waals surface area contributed by atoms with Crippen LogP contribution in [0.15, 0.2) is 24.3 Å². The van der Waals surface area contributed by atoms with Crippen LogP contribution in [0.3, 0.4) is 0 Å². The number of hydrogen-bond acceptors (Lipinski definition) is 3. The molecule has 1 aliphatic rings. The fourth-order valence-corrected chi connectivity index (χ4v) is 2.60. The molecule has 5 nitrogen and oxygen atoms in total. The SMILES string of the molecule is CC(=O)N1CCCN(C(=O)c2cccc(OCC(C)C)c2)CC1. The zero-order valence-corrected chi connectivity index (χ0v) is 14.2. The molecule has 1 aliphatic heterocycles. The first-order valence-electron chi connectivity index (χ1n) is 8.25. The van der Waals surface area contributed by atoms with Crippen molar-refractivity contribution in [3.63, 3.8) is 0 Å². The molecule has 0 saturated carbocycles. The number of rotatable bonds is 4. The van der Waals surface area contributed by atoms with E-state index in [0.29, 0.717) is 37.7 Å². The Hall–Kier alpha value is -2.04. The molecule has 0 radical (unpaired) electrons. The van der Waals surface area contributed by atoms with Crippen LogP contribution in [-0.2, 0) is 4.79 Å². The first-order valence-corrected chi connectivity index (χ1v) is 8.25. The van der Waals surface area contributed by atoms with Crippen molar-refractivity contribution < 1.29 is 14.3 Å². The molecule has 2 amide bonds. The molecule has 1 aromatic carbocycles. The number of hydrogen-bond donors (Lipinski definition) is 0. The van der Waals surface area contributed by atoms with E-state index in [1.165, 1.54) is 0 Å². The first kappa shape index (κ1) is 17.3. The Kier molecular flexibility index (Phi) is 6.02. The molecule has 1 heterocycles. The van der Waals surface area contributed by atoms with Crippen LogP contribution in [0.4, 0.5) is 0 Å². The van der Waals surface area contributed by atoms with E-state index < -0.39 is 0 Å². The van der Waals surface area contributed by atoms with Gasteiger partial charge in [-0.25, -0.2) is 0 Å². The van der Waals surface area contributed by atoms with Crippen LogP contribution in [0, 0.1) is 5.92 Å². The molecule has 0 aliphatic carbocycles. The number of ether oxygens (including phenoxy) is 1. The highest BCUT2D eigenvalue weighted by atomic mass is 16.5. The van der Waals surface area contributed by atoms with Crippen LogP contribution in [0.25, 0.3) is 0 Å². The van der Waals surface area contributed by atoms with Gasteiger partial charge in [0.25, 0.3) is 5.91 Å². The Morgan fingerprint density at radius 2 is 1.83 bits per heavy atom. The maximum absolute atomic E-state index is 12.7. The fraction of sp³-hybridized carbons (Fsp3) is 0.556. The lowest BCUT2D eigenvalue weighted by Crippen LogP contribution is -2.36. The van der Waals surface area contributed by atoms with Gasteiger partial charge in [0, 0.05) is 38.7 Å². The summed E-state index contributed by atoms with van der Waals surface area (Å²) in [5, 5.41) is 0. The predicted octanol–water partition coefficient (Wildman–Crippen LogP) is 2.42. The minimum atomic E-state index is 0.00500. The number of amides is 2. The Bertz CT molecular complexity index is 557. The summed E-state index contributed by atoms with van der Waals surface area (Å²) in [6.07, 6.45) is 0.814. The second-order valence-electron chi connectivity index (χ2n) is 6.38. The van der Waals surface area contributed by atoms with Gasteiger partial charge in [-0.3, -0.25) is 9.59 Å². The van der Waals surface area contributed by atoms with Crippen molar-refractivity contribution in [2.45, 2.75) is 27.2 Å². The Morgan fingerprint density at radius 3 is 2.52 bits per heavy atom. The van der Waals surface area contributed by atoms with E-state index in [9.17, 15) is 9.59 Å². The van der Waals surface area contributed by atoms with Crippen LogP contribution < -0.4 is 4.74 Å². The van der Waals surface area contributed by atoms with E-state index in [0.717, 1.165) is 18.7 Å². The molecule has 5 heteroatoms. The van der Waals surface area contributed by atoms with Gasteiger partial charge in [-0.15, -0.1) is 0 Å². The van der Waals surface area contributed by atoms with Gasteiger partial charge in [0.2, 0.25) is 5.91 Å². The molecule has 0 spiro atoms. The maximum atomic E-state index is 12.7. The Morgan fingerprint density at radius 1 is 1.13 bits per heavy atom. The minimum Gasteiger partial charge on any atom is -0.493 e. The molecule has 0 aromatic heterocycles. The van der Waals surface area contributed by atoms with Crippen molar-refractivity contribution >= 4 is 11.8 Å². The lowest BCUT2D eigenvalue weighted by molar-refractivity contribution is -0.128. The lowest BCUT2D eigenvalue weighted by Gasteiger charge is -2.21. The number of carbonyl (C=O) groups is 2. The van der Waals surface area contributed by atoms with Crippen molar-refractivity contribution in [1.82, 2.24) is 9.80 Å². The van der Waals surface area contributed by atoms with Crippen molar-refractivity contribution in [1.29, 1.82) is 0 Å². The zero-order valence-electron chi connectivity index (χ0n) is 14.2. The van der Waals surface area contributed by atoms with E-state index >= 15 is 0 Å². The zero-order chi connectivity index (χ0) is 16.8. The summed E-state index contributed by atoms with van der Waals surface area (Å²) < 4.78 is 5.70. The molecule has 1 aromatic rings. The van der Waals surface area contributed by atoms with Gasteiger partial charge in [-0.05, 0) is 30.5 Å². The second-order valence-corrected chi connectivity index (χ2v) is 6.38. The molecular weight excluding hydrogens is 292 g/mol. The quantitative estimate of drug-likeness (QED) is 0.856. The summed E-state index contributed by atoms with van der Waals surface area (Å²) in [4.78, 5) is 27.8. The molecule has 0 N–H and O–H groups in total. The number of benzene rings is 1. The van der Waals surface area contributed by atoms with Crippen LogP contribution in [0.2, 0.25) is 0 Å². The highest BCUT2D eigenvalue weighted by Gasteiger charge is 2.21. The summed E-state index contributed by atoms with van der Waals surface area (Å²) in [5.41, 5.74) is 0.641. The number of carbonyl (C=O) groups excluding carboxylic acids is 2. The summed E-state index contributed by atoms with van der Waals surface area (Å²) in [5.74, 6) is 1.25. The number of nitrogens with zero attached hydrogens (tertiary/aromatic N) is 2. The van der Waals surface area contributed by atoms with Gasteiger partial charge in [-0.2, -0.15) is 0 Å². The Balaban J connectivity index is 2.02. The van der Waals surface area contributed by atoms with Crippen molar-refractivity contribution in [2.75, 3.05) is 32.8 Å². The topological polar surface area (TPSA) is 49.9 Å². The van der Waals surface area contributed by atoms with Crippen LogP contribution in [-0.4, -0.2) is 54.4 Å². The van der Waals surface area contributed by atoms with Gasteiger partial charge >= 0.3 is 0 Å². The van der Waals surface area contributed by atoms with Gasteiger partial charge in [0.15, 0.2) is 0 Å². The molecule has 126 valence electrons. The first-order chi connectivity index (χ1) is 11.0. The van der Waals surface area contributed by atoms with Crippen LogP contribution in [0.1, 0.15) is 37.6 Å². The average Bonchev–Trinajstić information content (AvgIpc) is 2.78. The highest BCUT2D eigenvalue weighted by Crippen LogP contribution is 2.17. The third kappa shape index (κ3) is 4.98. The molecule has 0 bridgehead atoms. The van der Waals surface area contributed by atoms with Crippen molar-refractivity contribution in [2.24, 2.45) is 5.92 Å². The van der Waals surface area contributed by atoms with Gasteiger partial charge in [0.1, 0.15) is 5.75 Å². The maximum Gasteiger partial charge on any atom is 0.254 e. The molecule has 1 saturated heterocycles. The van der Waals surface area contributed by atoms with Gasteiger partial charge in [-0.1, -0.05) is 19.9 Å². The average molecular weight is 318 g/mol.